The molecule has 1 N–H and O–H groups in total. The second-order valence-electron chi connectivity index (χ2n) is 2.43. The maximum absolute atomic E-state index is 12.6. The van der Waals surface area contributed by atoms with Crippen LogP contribution < -0.4 is 0 Å². The number of alkyl halides is 1. The summed E-state index contributed by atoms with van der Waals surface area (Å²) in [6, 6.07) is 0. The highest BCUT2D eigenvalue weighted by Crippen LogP contribution is 2.31. The van der Waals surface area contributed by atoms with Crippen molar-refractivity contribution in [1.29, 1.82) is 0 Å². The van der Waals surface area contributed by atoms with Gasteiger partial charge >= 0.3 is 0 Å². The topological polar surface area (TPSA) is 20.2 Å². The Morgan fingerprint density at radius 1 is 1.78 bits per heavy atom. The molecular formula is C7H9FO. The SMILES string of the molecule is C#CC1(O)CCCC1F. The van der Waals surface area contributed by atoms with Gasteiger partial charge in [0.15, 0.2) is 5.60 Å². The molecule has 1 rings (SSSR count). The third-order valence-corrected chi connectivity index (χ3v) is 1.78. The summed E-state index contributed by atoms with van der Waals surface area (Å²) in [4.78, 5) is 0. The molecule has 0 radical (unpaired) electrons. The van der Waals surface area contributed by atoms with Crippen LogP contribution in [-0.4, -0.2) is 16.9 Å². The average molecular weight is 128 g/mol. The van der Waals surface area contributed by atoms with Gasteiger partial charge in [-0.1, -0.05) is 5.92 Å². The Kier molecular flexibility index (Phi) is 1.46. The first kappa shape index (κ1) is 6.57. The summed E-state index contributed by atoms with van der Waals surface area (Å²) in [5.41, 5.74) is -1.44. The first-order valence-corrected chi connectivity index (χ1v) is 3.03. The molecule has 1 aliphatic rings. The van der Waals surface area contributed by atoms with Gasteiger partial charge in [-0.15, -0.1) is 6.42 Å². The van der Waals surface area contributed by atoms with Gasteiger partial charge in [-0.05, 0) is 19.3 Å². The smallest absolute Gasteiger partial charge is 0.156 e. The van der Waals surface area contributed by atoms with Gasteiger partial charge in [-0.25, -0.2) is 4.39 Å². The molecule has 1 saturated carbocycles. The first-order chi connectivity index (χ1) is 4.19. The third-order valence-electron chi connectivity index (χ3n) is 1.78. The molecule has 0 aromatic carbocycles. The summed E-state index contributed by atoms with van der Waals surface area (Å²) in [6.45, 7) is 0. The molecule has 0 aromatic rings. The summed E-state index contributed by atoms with van der Waals surface area (Å²) in [5, 5.41) is 9.16. The lowest BCUT2D eigenvalue weighted by Gasteiger charge is -2.16. The molecule has 50 valence electrons. The molecule has 2 heteroatoms. The Balaban J connectivity index is 2.70. The van der Waals surface area contributed by atoms with Crippen LogP contribution in [0.25, 0.3) is 0 Å². The molecule has 1 fully saturated rings. The van der Waals surface area contributed by atoms with Crippen LogP contribution in [-0.2, 0) is 0 Å². The second kappa shape index (κ2) is 2.00. The number of aliphatic hydroxyl groups is 1. The summed E-state index contributed by atoms with van der Waals surface area (Å²) in [6.07, 6.45) is 5.22. The van der Waals surface area contributed by atoms with Crippen LogP contribution in [0.2, 0.25) is 0 Å². The lowest BCUT2D eigenvalue weighted by atomic mass is 10.0. The summed E-state index contributed by atoms with van der Waals surface area (Å²) < 4.78 is 12.6. The molecule has 0 spiro atoms. The van der Waals surface area contributed by atoms with Crippen molar-refractivity contribution in [3.8, 4) is 12.3 Å². The van der Waals surface area contributed by atoms with Gasteiger partial charge < -0.3 is 5.11 Å². The molecule has 0 bridgehead atoms. The number of hydrogen-bond donors (Lipinski definition) is 1. The Morgan fingerprint density at radius 2 is 2.44 bits per heavy atom. The lowest BCUT2D eigenvalue weighted by molar-refractivity contribution is 0.0395. The van der Waals surface area contributed by atoms with Crippen LogP contribution in [0.3, 0.4) is 0 Å². The highest BCUT2D eigenvalue weighted by Gasteiger charge is 2.39. The maximum Gasteiger partial charge on any atom is 0.156 e. The van der Waals surface area contributed by atoms with E-state index in [1.807, 2.05) is 0 Å². The van der Waals surface area contributed by atoms with Gasteiger partial charge in [0.05, 0.1) is 0 Å². The molecule has 9 heavy (non-hydrogen) atoms. The fraction of sp³-hybridized carbons (Fsp3) is 0.714. The lowest BCUT2D eigenvalue weighted by Crippen LogP contribution is -2.32. The molecule has 1 aliphatic carbocycles. The predicted octanol–water partition coefficient (Wildman–Crippen LogP) is 0.873. The van der Waals surface area contributed by atoms with Crippen LogP contribution in [0, 0.1) is 12.3 Å². The van der Waals surface area contributed by atoms with E-state index in [0.717, 1.165) is 0 Å². The minimum Gasteiger partial charge on any atom is -0.375 e. The summed E-state index contributed by atoms with van der Waals surface area (Å²) in [7, 11) is 0. The van der Waals surface area contributed by atoms with Gasteiger partial charge in [0.2, 0.25) is 0 Å². The van der Waals surface area contributed by atoms with Crippen LogP contribution in [0.4, 0.5) is 4.39 Å². The molecule has 0 heterocycles. The largest absolute Gasteiger partial charge is 0.375 e. The van der Waals surface area contributed by atoms with E-state index >= 15 is 0 Å². The highest BCUT2D eigenvalue weighted by molar-refractivity contribution is 5.14. The van der Waals surface area contributed by atoms with Crippen molar-refractivity contribution >= 4 is 0 Å². The van der Waals surface area contributed by atoms with E-state index in [0.29, 0.717) is 19.3 Å². The normalized spacial score (nSPS) is 42.6. The summed E-state index contributed by atoms with van der Waals surface area (Å²) in [5.74, 6) is 2.07. The monoisotopic (exact) mass is 128 g/mol. The van der Waals surface area contributed by atoms with Gasteiger partial charge in [0.1, 0.15) is 6.17 Å². The molecule has 2 atom stereocenters. The molecule has 0 aromatic heterocycles. The molecule has 0 amide bonds. The molecule has 2 unspecified atom stereocenters. The quantitative estimate of drug-likeness (QED) is 0.480. The maximum atomic E-state index is 12.6. The van der Waals surface area contributed by atoms with Gasteiger partial charge in [0, 0.05) is 0 Å². The van der Waals surface area contributed by atoms with E-state index in [-0.39, 0.29) is 0 Å². The van der Waals surface area contributed by atoms with Crippen molar-refractivity contribution in [2.75, 3.05) is 0 Å². The van der Waals surface area contributed by atoms with E-state index in [4.69, 9.17) is 11.5 Å². The van der Waals surface area contributed by atoms with Crippen LogP contribution >= 0.6 is 0 Å². The number of terminal acetylenes is 1. The first-order valence-electron chi connectivity index (χ1n) is 3.03. The highest BCUT2D eigenvalue weighted by atomic mass is 19.1. The van der Waals surface area contributed by atoms with E-state index < -0.39 is 11.8 Å². The average Bonchev–Trinajstić information content (AvgIpc) is 2.15. The van der Waals surface area contributed by atoms with Gasteiger partial charge in [-0.2, -0.15) is 0 Å². The Labute approximate surface area is 53.9 Å². The van der Waals surface area contributed by atoms with Crippen LogP contribution in [0.5, 0.6) is 0 Å². The van der Waals surface area contributed by atoms with Crippen molar-refractivity contribution in [1.82, 2.24) is 0 Å². The van der Waals surface area contributed by atoms with E-state index in [9.17, 15) is 4.39 Å². The molecule has 1 nitrogen and oxygen atoms in total. The van der Waals surface area contributed by atoms with Crippen molar-refractivity contribution in [2.24, 2.45) is 0 Å². The Morgan fingerprint density at radius 3 is 2.67 bits per heavy atom. The zero-order valence-electron chi connectivity index (χ0n) is 5.10. The fourth-order valence-corrected chi connectivity index (χ4v) is 1.11. The Bertz CT molecular complexity index is 149. The van der Waals surface area contributed by atoms with Crippen molar-refractivity contribution in [2.45, 2.75) is 31.0 Å². The molecular weight excluding hydrogens is 119 g/mol. The minimum absolute atomic E-state index is 0.403. The zero-order valence-corrected chi connectivity index (χ0v) is 5.10. The van der Waals surface area contributed by atoms with Crippen molar-refractivity contribution in [3.05, 3.63) is 0 Å². The zero-order chi connectivity index (χ0) is 6.91. The van der Waals surface area contributed by atoms with E-state index in [1.54, 1.807) is 0 Å². The van der Waals surface area contributed by atoms with Crippen LogP contribution in [0.15, 0.2) is 0 Å². The number of halogens is 1. The Hall–Kier alpha value is -0.550. The number of rotatable bonds is 0. The van der Waals surface area contributed by atoms with E-state index in [1.165, 1.54) is 0 Å². The standard InChI is InChI=1S/C7H9FO/c1-2-7(9)5-3-4-6(7)8/h1,6,9H,3-5H2. The minimum atomic E-state index is -1.44. The fourth-order valence-electron chi connectivity index (χ4n) is 1.11. The second-order valence-corrected chi connectivity index (χ2v) is 2.43. The third kappa shape index (κ3) is 0.927. The van der Waals surface area contributed by atoms with Crippen LogP contribution in [0.1, 0.15) is 19.3 Å². The van der Waals surface area contributed by atoms with Gasteiger partial charge in [-0.3, -0.25) is 0 Å². The molecule has 0 aliphatic heterocycles. The van der Waals surface area contributed by atoms with E-state index in [2.05, 4.69) is 5.92 Å². The van der Waals surface area contributed by atoms with Crippen molar-refractivity contribution in [3.63, 3.8) is 0 Å². The predicted molar refractivity (Wildman–Crippen MR) is 32.5 cm³/mol. The van der Waals surface area contributed by atoms with Crippen molar-refractivity contribution < 1.29 is 9.50 Å². The van der Waals surface area contributed by atoms with Gasteiger partial charge in [0.25, 0.3) is 0 Å². The number of hydrogen-bond acceptors (Lipinski definition) is 1. The summed E-state index contributed by atoms with van der Waals surface area (Å²) >= 11 is 0. The molecule has 0 saturated heterocycles.